The van der Waals surface area contributed by atoms with Gasteiger partial charge in [-0.1, -0.05) is 11.6 Å². The molecule has 2 rings (SSSR count). The highest BCUT2D eigenvalue weighted by Crippen LogP contribution is 2.29. The first kappa shape index (κ1) is 16.3. The van der Waals surface area contributed by atoms with Gasteiger partial charge in [0, 0.05) is 37.2 Å². The lowest BCUT2D eigenvalue weighted by molar-refractivity contribution is 0.0463. The summed E-state index contributed by atoms with van der Waals surface area (Å²) in [5.74, 6) is 2.20. The number of carbonyl (C=O) groups excluding carboxylic acids is 1. The predicted molar refractivity (Wildman–Crippen MR) is 86.5 cm³/mol. The third-order valence-corrected chi connectivity index (χ3v) is 4.55. The highest BCUT2D eigenvalue weighted by atomic mass is 35.5. The topological polar surface area (TPSA) is 64.8 Å². The summed E-state index contributed by atoms with van der Waals surface area (Å²) >= 11 is 7.89. The maximum Gasteiger partial charge on any atom is 0.342 e. The minimum absolute atomic E-state index is 0.297. The quantitative estimate of drug-likeness (QED) is 0.659. The normalized spacial score (nSPS) is 15.7. The van der Waals surface area contributed by atoms with E-state index in [9.17, 15) is 4.79 Å². The van der Waals surface area contributed by atoms with E-state index in [0.29, 0.717) is 28.6 Å². The molecule has 0 radical (unpaired) electrons. The van der Waals surface area contributed by atoms with Crippen LogP contribution in [0, 0.1) is 0 Å². The zero-order valence-corrected chi connectivity index (χ0v) is 13.5. The zero-order valence-electron chi connectivity index (χ0n) is 11.9. The van der Waals surface area contributed by atoms with Crippen molar-refractivity contribution in [3.05, 3.63) is 22.7 Å². The summed E-state index contributed by atoms with van der Waals surface area (Å²) in [6.45, 7) is 3.18. The second kappa shape index (κ2) is 7.77. The fourth-order valence-corrected chi connectivity index (χ4v) is 3.21. The molecular formula is C14H19ClN2O3S. The first-order valence-electron chi connectivity index (χ1n) is 6.72. The maximum atomic E-state index is 12.1. The van der Waals surface area contributed by atoms with Crippen molar-refractivity contribution in [1.82, 2.24) is 4.90 Å². The number of nitrogen functional groups attached to an aromatic ring is 1. The van der Waals surface area contributed by atoms with Crippen molar-refractivity contribution in [2.24, 2.45) is 0 Å². The minimum atomic E-state index is -0.444. The summed E-state index contributed by atoms with van der Waals surface area (Å²) in [5, 5.41) is 0.316. The van der Waals surface area contributed by atoms with Crippen molar-refractivity contribution < 1.29 is 14.3 Å². The van der Waals surface area contributed by atoms with Gasteiger partial charge in [-0.15, -0.1) is 0 Å². The molecule has 0 spiro atoms. The molecule has 1 aromatic rings. The molecule has 0 saturated carbocycles. The van der Waals surface area contributed by atoms with E-state index in [1.807, 2.05) is 11.8 Å². The Kier molecular flexibility index (Phi) is 6.02. The Morgan fingerprint density at radius 2 is 2.14 bits per heavy atom. The SMILES string of the molecule is COc1cc(N)c(Cl)cc1C(=O)OCCN1CCSCC1. The molecule has 1 saturated heterocycles. The summed E-state index contributed by atoms with van der Waals surface area (Å²) < 4.78 is 10.4. The Hall–Kier alpha value is -1.11. The van der Waals surface area contributed by atoms with Gasteiger partial charge in [0.25, 0.3) is 0 Å². The lowest BCUT2D eigenvalue weighted by Gasteiger charge is -2.25. The lowest BCUT2D eigenvalue weighted by Crippen LogP contribution is -2.35. The first-order chi connectivity index (χ1) is 10.1. The molecule has 0 atom stereocenters. The molecule has 1 aromatic carbocycles. The van der Waals surface area contributed by atoms with Gasteiger partial charge in [-0.25, -0.2) is 4.79 Å². The van der Waals surface area contributed by atoms with Crippen LogP contribution in [0.15, 0.2) is 12.1 Å². The van der Waals surface area contributed by atoms with Gasteiger partial charge in [0.1, 0.15) is 17.9 Å². The monoisotopic (exact) mass is 330 g/mol. The highest BCUT2D eigenvalue weighted by Gasteiger charge is 2.17. The van der Waals surface area contributed by atoms with Crippen LogP contribution in [0.4, 0.5) is 5.69 Å². The van der Waals surface area contributed by atoms with Crippen LogP contribution < -0.4 is 10.5 Å². The van der Waals surface area contributed by atoms with Crippen molar-refractivity contribution in [2.75, 3.05) is 50.6 Å². The first-order valence-corrected chi connectivity index (χ1v) is 8.25. The number of halogens is 1. The minimum Gasteiger partial charge on any atom is -0.496 e. The van der Waals surface area contributed by atoms with Crippen molar-refractivity contribution in [3.8, 4) is 5.75 Å². The molecule has 0 aliphatic carbocycles. The summed E-state index contributed by atoms with van der Waals surface area (Å²) in [5.41, 5.74) is 6.36. The van der Waals surface area contributed by atoms with E-state index in [1.165, 1.54) is 19.2 Å². The fourth-order valence-electron chi connectivity index (χ4n) is 2.07. The molecule has 116 valence electrons. The van der Waals surface area contributed by atoms with E-state index in [1.54, 1.807) is 0 Å². The standard InChI is InChI=1S/C14H19ClN2O3S/c1-19-13-9-12(16)11(15)8-10(13)14(18)20-5-2-17-3-6-21-7-4-17/h8-9H,2-7,16H2,1H3. The van der Waals surface area contributed by atoms with E-state index in [0.717, 1.165) is 31.1 Å². The van der Waals surface area contributed by atoms with E-state index >= 15 is 0 Å². The second-order valence-electron chi connectivity index (χ2n) is 4.66. The van der Waals surface area contributed by atoms with Crippen molar-refractivity contribution in [3.63, 3.8) is 0 Å². The Bertz CT molecular complexity index is 507. The maximum absolute atomic E-state index is 12.1. The summed E-state index contributed by atoms with van der Waals surface area (Å²) in [4.78, 5) is 14.4. The van der Waals surface area contributed by atoms with Crippen molar-refractivity contribution in [2.45, 2.75) is 0 Å². The number of carbonyl (C=O) groups is 1. The molecule has 2 N–H and O–H groups in total. The predicted octanol–water partition coefficient (Wildman–Crippen LogP) is 2.14. The lowest BCUT2D eigenvalue weighted by atomic mass is 10.2. The Labute approximate surface area is 133 Å². The average Bonchev–Trinajstić information content (AvgIpc) is 2.50. The molecule has 1 aliphatic heterocycles. The Morgan fingerprint density at radius 1 is 1.43 bits per heavy atom. The molecule has 1 heterocycles. The van der Waals surface area contributed by atoms with Crippen LogP contribution in [-0.4, -0.2) is 55.7 Å². The van der Waals surface area contributed by atoms with E-state index in [2.05, 4.69) is 4.90 Å². The van der Waals surface area contributed by atoms with Crippen molar-refractivity contribution in [1.29, 1.82) is 0 Å². The van der Waals surface area contributed by atoms with Crippen LogP contribution in [0.2, 0.25) is 5.02 Å². The van der Waals surface area contributed by atoms with Crippen LogP contribution in [-0.2, 0) is 4.74 Å². The molecular weight excluding hydrogens is 312 g/mol. The van der Waals surface area contributed by atoms with Gasteiger partial charge in [0.15, 0.2) is 0 Å². The third kappa shape index (κ3) is 4.43. The van der Waals surface area contributed by atoms with E-state index < -0.39 is 5.97 Å². The molecule has 1 aliphatic rings. The number of esters is 1. The largest absolute Gasteiger partial charge is 0.496 e. The number of hydrogen-bond donors (Lipinski definition) is 1. The van der Waals surface area contributed by atoms with E-state index in [-0.39, 0.29) is 0 Å². The number of thioether (sulfide) groups is 1. The third-order valence-electron chi connectivity index (χ3n) is 3.28. The number of anilines is 1. The van der Waals surface area contributed by atoms with Crippen LogP contribution in [0.3, 0.4) is 0 Å². The molecule has 0 bridgehead atoms. The van der Waals surface area contributed by atoms with E-state index in [4.69, 9.17) is 26.8 Å². The summed E-state index contributed by atoms with van der Waals surface area (Å²) in [6.07, 6.45) is 0. The summed E-state index contributed by atoms with van der Waals surface area (Å²) in [7, 11) is 1.48. The molecule has 0 unspecified atom stereocenters. The Balaban J connectivity index is 1.92. The van der Waals surface area contributed by atoms with Crippen molar-refractivity contribution >= 4 is 35.0 Å². The van der Waals surface area contributed by atoms with Crippen LogP contribution in [0.25, 0.3) is 0 Å². The number of nitrogens with two attached hydrogens (primary N) is 1. The van der Waals surface area contributed by atoms with Gasteiger partial charge in [-0.05, 0) is 6.07 Å². The van der Waals surface area contributed by atoms with Crippen LogP contribution in [0.5, 0.6) is 5.75 Å². The number of benzene rings is 1. The number of rotatable bonds is 5. The zero-order chi connectivity index (χ0) is 15.2. The molecule has 1 fully saturated rings. The van der Waals surface area contributed by atoms with Crippen LogP contribution in [0.1, 0.15) is 10.4 Å². The Morgan fingerprint density at radius 3 is 2.81 bits per heavy atom. The number of nitrogens with zero attached hydrogens (tertiary/aromatic N) is 1. The van der Waals surface area contributed by atoms with Gasteiger partial charge < -0.3 is 15.2 Å². The fraction of sp³-hybridized carbons (Fsp3) is 0.500. The highest BCUT2D eigenvalue weighted by molar-refractivity contribution is 7.99. The molecule has 7 heteroatoms. The molecule has 0 amide bonds. The number of methoxy groups -OCH3 is 1. The van der Waals surface area contributed by atoms with Gasteiger partial charge >= 0.3 is 5.97 Å². The molecule has 0 aromatic heterocycles. The summed E-state index contributed by atoms with van der Waals surface area (Å²) in [6, 6.07) is 3.01. The number of hydrogen-bond acceptors (Lipinski definition) is 6. The van der Waals surface area contributed by atoms with Gasteiger partial charge in [0.2, 0.25) is 0 Å². The van der Waals surface area contributed by atoms with Gasteiger partial charge in [-0.2, -0.15) is 11.8 Å². The van der Waals surface area contributed by atoms with Gasteiger partial charge in [-0.3, -0.25) is 4.90 Å². The molecule has 5 nitrogen and oxygen atoms in total. The van der Waals surface area contributed by atoms with Gasteiger partial charge in [0.05, 0.1) is 17.8 Å². The second-order valence-corrected chi connectivity index (χ2v) is 6.30. The number of ether oxygens (including phenoxy) is 2. The smallest absolute Gasteiger partial charge is 0.342 e. The molecule has 21 heavy (non-hydrogen) atoms. The average molecular weight is 331 g/mol. The van der Waals surface area contributed by atoms with Crippen LogP contribution >= 0.6 is 23.4 Å².